The molecule has 0 unspecified atom stereocenters. The van der Waals surface area contributed by atoms with Crippen molar-refractivity contribution in [3.05, 3.63) is 57.6 Å². The van der Waals surface area contributed by atoms with E-state index in [1.165, 1.54) is 5.56 Å². The van der Waals surface area contributed by atoms with Gasteiger partial charge in [-0.1, -0.05) is 54.4 Å². The van der Waals surface area contributed by atoms with Gasteiger partial charge in [0.15, 0.2) is 0 Å². The van der Waals surface area contributed by atoms with Crippen LogP contribution in [-0.4, -0.2) is 0 Å². The summed E-state index contributed by atoms with van der Waals surface area (Å²) >= 11 is 12.7. The van der Waals surface area contributed by atoms with E-state index in [9.17, 15) is 0 Å². The highest BCUT2D eigenvalue weighted by molar-refractivity contribution is 6.39. The highest BCUT2D eigenvalue weighted by atomic mass is 35.5. The molecule has 0 fully saturated rings. The van der Waals surface area contributed by atoms with Gasteiger partial charge in [-0.15, -0.1) is 0 Å². The smallest absolute Gasteiger partial charge is 0.0502 e. The van der Waals surface area contributed by atoms with Gasteiger partial charge in [-0.25, -0.2) is 0 Å². The lowest BCUT2D eigenvalue weighted by atomic mass is 9.97. The first-order valence-electron chi connectivity index (χ1n) is 5.93. The molecule has 2 aromatic carbocycles. The lowest BCUT2D eigenvalue weighted by Gasteiger charge is -2.13. The number of aryl methyl sites for hydroxylation is 1. The molecule has 3 heteroatoms. The van der Waals surface area contributed by atoms with Crippen LogP contribution in [0.2, 0.25) is 10.0 Å². The van der Waals surface area contributed by atoms with Crippen LogP contribution in [0.5, 0.6) is 0 Å². The quantitative estimate of drug-likeness (QED) is 0.867. The largest absolute Gasteiger partial charge is 0.326 e. The number of halogens is 2. The zero-order valence-corrected chi connectivity index (χ0v) is 11.7. The fourth-order valence-corrected chi connectivity index (χ4v) is 2.81. The highest BCUT2D eigenvalue weighted by Crippen LogP contribution is 2.37. The summed E-state index contributed by atoms with van der Waals surface area (Å²) in [5.74, 6) is 0. The molecule has 0 amide bonds. The Bertz CT molecular complexity index is 541. The van der Waals surface area contributed by atoms with Crippen LogP contribution in [0.25, 0.3) is 11.1 Å². The summed E-state index contributed by atoms with van der Waals surface area (Å²) < 4.78 is 0. The van der Waals surface area contributed by atoms with Gasteiger partial charge >= 0.3 is 0 Å². The molecular weight excluding hydrogens is 265 g/mol. The van der Waals surface area contributed by atoms with E-state index in [4.69, 9.17) is 28.9 Å². The minimum Gasteiger partial charge on any atom is -0.326 e. The third kappa shape index (κ3) is 2.54. The normalized spacial score (nSPS) is 10.7. The molecule has 0 bridgehead atoms. The number of benzene rings is 2. The van der Waals surface area contributed by atoms with Gasteiger partial charge in [-0.3, -0.25) is 0 Å². The number of nitrogens with two attached hydrogens (primary N) is 1. The molecule has 0 aromatic heterocycles. The molecule has 2 aromatic rings. The van der Waals surface area contributed by atoms with Gasteiger partial charge in [0, 0.05) is 12.1 Å². The van der Waals surface area contributed by atoms with Crippen molar-refractivity contribution in [2.45, 2.75) is 19.9 Å². The Morgan fingerprint density at radius 3 is 2.22 bits per heavy atom. The standard InChI is InChI=1S/C15H15Cl2N/c1-2-11-5-3-4-6-12(11)15-13(16)7-10(9-18)8-14(15)17/h3-8H,2,9,18H2,1H3. The van der Waals surface area contributed by atoms with Gasteiger partial charge in [0.2, 0.25) is 0 Å². The van der Waals surface area contributed by atoms with Gasteiger partial charge in [-0.2, -0.15) is 0 Å². The molecule has 1 nitrogen and oxygen atoms in total. The molecule has 0 spiro atoms. The van der Waals surface area contributed by atoms with Crippen molar-refractivity contribution in [1.82, 2.24) is 0 Å². The Labute approximate surface area is 118 Å². The van der Waals surface area contributed by atoms with Crippen molar-refractivity contribution in [3.8, 4) is 11.1 Å². The zero-order chi connectivity index (χ0) is 13.1. The maximum absolute atomic E-state index is 6.34. The van der Waals surface area contributed by atoms with Crippen LogP contribution in [0.3, 0.4) is 0 Å². The van der Waals surface area contributed by atoms with Gasteiger partial charge in [0.25, 0.3) is 0 Å². The van der Waals surface area contributed by atoms with Crippen LogP contribution < -0.4 is 5.73 Å². The summed E-state index contributed by atoms with van der Waals surface area (Å²) in [4.78, 5) is 0. The Kier molecular flexibility index (Phi) is 4.28. The topological polar surface area (TPSA) is 26.0 Å². The van der Waals surface area contributed by atoms with Crippen LogP contribution in [0.4, 0.5) is 0 Å². The highest BCUT2D eigenvalue weighted by Gasteiger charge is 2.12. The lowest BCUT2D eigenvalue weighted by molar-refractivity contribution is 1.07. The van der Waals surface area contributed by atoms with E-state index >= 15 is 0 Å². The number of hydrogen-bond acceptors (Lipinski definition) is 1. The molecule has 18 heavy (non-hydrogen) atoms. The van der Waals surface area contributed by atoms with Crippen LogP contribution >= 0.6 is 23.2 Å². The first-order valence-corrected chi connectivity index (χ1v) is 6.69. The number of hydrogen-bond donors (Lipinski definition) is 1. The van der Waals surface area contributed by atoms with E-state index in [0.717, 1.165) is 23.1 Å². The molecule has 0 atom stereocenters. The molecule has 0 heterocycles. The molecule has 0 aliphatic rings. The molecule has 0 aliphatic heterocycles. The first kappa shape index (κ1) is 13.4. The van der Waals surface area contributed by atoms with Crippen molar-refractivity contribution in [3.63, 3.8) is 0 Å². The van der Waals surface area contributed by atoms with Crippen molar-refractivity contribution < 1.29 is 0 Å². The molecule has 0 saturated heterocycles. The van der Waals surface area contributed by atoms with Crippen molar-refractivity contribution in [2.75, 3.05) is 0 Å². The maximum atomic E-state index is 6.34. The molecule has 2 rings (SSSR count). The van der Waals surface area contributed by atoms with E-state index < -0.39 is 0 Å². The average Bonchev–Trinajstić information content (AvgIpc) is 2.38. The van der Waals surface area contributed by atoms with Crippen molar-refractivity contribution in [1.29, 1.82) is 0 Å². The fraction of sp³-hybridized carbons (Fsp3) is 0.200. The third-order valence-electron chi connectivity index (χ3n) is 3.01. The summed E-state index contributed by atoms with van der Waals surface area (Å²) in [6, 6.07) is 11.9. The van der Waals surface area contributed by atoms with Crippen LogP contribution in [-0.2, 0) is 13.0 Å². The molecule has 94 valence electrons. The van der Waals surface area contributed by atoms with E-state index in [1.54, 1.807) is 0 Å². The minimum absolute atomic E-state index is 0.440. The lowest BCUT2D eigenvalue weighted by Crippen LogP contribution is -1.97. The van der Waals surface area contributed by atoms with Gasteiger partial charge in [0.1, 0.15) is 0 Å². The van der Waals surface area contributed by atoms with E-state index in [2.05, 4.69) is 13.0 Å². The fourth-order valence-electron chi connectivity index (χ4n) is 2.07. The van der Waals surface area contributed by atoms with Crippen molar-refractivity contribution in [2.24, 2.45) is 5.73 Å². The van der Waals surface area contributed by atoms with Gasteiger partial charge in [-0.05, 0) is 35.2 Å². The summed E-state index contributed by atoms with van der Waals surface area (Å²) in [6.07, 6.45) is 0.946. The Morgan fingerprint density at radius 1 is 1.06 bits per heavy atom. The van der Waals surface area contributed by atoms with Gasteiger partial charge in [0.05, 0.1) is 10.0 Å². The summed E-state index contributed by atoms with van der Waals surface area (Å²) in [5.41, 5.74) is 9.79. The predicted octanol–water partition coefficient (Wildman–Crippen LogP) is 4.68. The van der Waals surface area contributed by atoms with Gasteiger partial charge < -0.3 is 5.73 Å². The summed E-state index contributed by atoms with van der Waals surface area (Å²) in [5, 5.41) is 1.31. The zero-order valence-electron chi connectivity index (χ0n) is 10.2. The second-order valence-corrected chi connectivity index (χ2v) is 4.96. The van der Waals surface area contributed by atoms with E-state index in [0.29, 0.717) is 16.6 Å². The SMILES string of the molecule is CCc1ccccc1-c1c(Cl)cc(CN)cc1Cl. The summed E-state index contributed by atoms with van der Waals surface area (Å²) in [6.45, 7) is 2.56. The summed E-state index contributed by atoms with van der Waals surface area (Å²) in [7, 11) is 0. The molecule has 2 N–H and O–H groups in total. The Morgan fingerprint density at radius 2 is 1.67 bits per heavy atom. The molecule has 0 saturated carbocycles. The monoisotopic (exact) mass is 279 g/mol. The third-order valence-corrected chi connectivity index (χ3v) is 3.60. The molecule has 0 radical (unpaired) electrons. The predicted molar refractivity (Wildman–Crippen MR) is 79.2 cm³/mol. The van der Waals surface area contributed by atoms with E-state index in [1.807, 2.05) is 30.3 Å². The average molecular weight is 280 g/mol. The number of rotatable bonds is 3. The second kappa shape index (κ2) is 5.75. The van der Waals surface area contributed by atoms with Crippen molar-refractivity contribution >= 4 is 23.2 Å². The van der Waals surface area contributed by atoms with Crippen LogP contribution in [0.1, 0.15) is 18.1 Å². The van der Waals surface area contributed by atoms with Crippen LogP contribution in [0, 0.1) is 0 Å². The minimum atomic E-state index is 0.440. The Balaban J connectivity index is 2.64. The Hall–Kier alpha value is -1.02. The first-order chi connectivity index (χ1) is 8.67. The molecule has 0 aliphatic carbocycles. The maximum Gasteiger partial charge on any atom is 0.0502 e. The van der Waals surface area contributed by atoms with E-state index in [-0.39, 0.29) is 0 Å². The molecular formula is C15H15Cl2N. The van der Waals surface area contributed by atoms with Crippen LogP contribution in [0.15, 0.2) is 36.4 Å². The second-order valence-electron chi connectivity index (χ2n) is 4.15.